The predicted octanol–water partition coefficient (Wildman–Crippen LogP) is 2.52. The van der Waals surface area contributed by atoms with Crippen LogP contribution in [-0.4, -0.2) is 24.5 Å². The Morgan fingerprint density at radius 3 is 2.74 bits per heavy atom. The van der Waals surface area contributed by atoms with E-state index in [-0.39, 0.29) is 12.2 Å². The topological polar surface area (TPSA) is 65.7 Å². The van der Waals surface area contributed by atoms with Crippen LogP contribution in [0.25, 0.3) is 0 Å². The van der Waals surface area contributed by atoms with Crippen LogP contribution in [0.4, 0.5) is 0 Å². The van der Waals surface area contributed by atoms with E-state index >= 15 is 0 Å². The fourth-order valence-electron chi connectivity index (χ4n) is 2.39. The fraction of sp³-hybridized carbons (Fsp3) is 0.222. The minimum Gasteiger partial charge on any atom is -0.465 e. The normalized spacial score (nSPS) is 19.1. The first-order chi connectivity index (χ1) is 11.0. The SMILES string of the molecule is COC(=O)[C@]1(C#Cc2ccc(C)o2)CC(=O)c2ccccc2O1. The Morgan fingerprint density at radius 1 is 1.26 bits per heavy atom. The number of ether oxygens (including phenoxy) is 2. The molecule has 23 heavy (non-hydrogen) atoms. The molecule has 0 spiro atoms. The Balaban J connectivity index is 2.05. The van der Waals surface area contributed by atoms with Crippen LogP contribution in [0.15, 0.2) is 40.8 Å². The van der Waals surface area contributed by atoms with Crippen LogP contribution in [0.2, 0.25) is 0 Å². The molecule has 0 amide bonds. The lowest BCUT2D eigenvalue weighted by Gasteiger charge is -2.31. The number of hydrogen-bond donors (Lipinski definition) is 0. The van der Waals surface area contributed by atoms with Gasteiger partial charge in [0.05, 0.1) is 19.1 Å². The van der Waals surface area contributed by atoms with Crippen molar-refractivity contribution < 1.29 is 23.5 Å². The molecule has 0 unspecified atom stereocenters. The molecule has 5 nitrogen and oxygen atoms in total. The second-order valence-electron chi connectivity index (χ2n) is 5.18. The van der Waals surface area contributed by atoms with Crippen molar-refractivity contribution in [2.24, 2.45) is 0 Å². The molecule has 1 aromatic carbocycles. The van der Waals surface area contributed by atoms with Gasteiger partial charge in [0.1, 0.15) is 11.5 Å². The number of fused-ring (bicyclic) bond motifs is 1. The molecule has 1 aliphatic heterocycles. The van der Waals surface area contributed by atoms with Gasteiger partial charge in [0.2, 0.25) is 0 Å². The minimum atomic E-state index is -1.67. The number of rotatable bonds is 1. The van der Waals surface area contributed by atoms with Gasteiger partial charge in [-0.3, -0.25) is 4.79 Å². The van der Waals surface area contributed by atoms with Gasteiger partial charge >= 0.3 is 5.97 Å². The molecule has 0 radical (unpaired) electrons. The molecule has 1 aliphatic rings. The van der Waals surface area contributed by atoms with Crippen molar-refractivity contribution in [2.75, 3.05) is 7.11 Å². The molecule has 0 saturated heterocycles. The summed E-state index contributed by atoms with van der Waals surface area (Å²) in [4.78, 5) is 24.6. The molecule has 0 fully saturated rings. The first-order valence-electron chi connectivity index (χ1n) is 7.03. The summed E-state index contributed by atoms with van der Waals surface area (Å²) in [5.41, 5.74) is -1.23. The average Bonchev–Trinajstić information content (AvgIpc) is 2.98. The number of aryl methyl sites for hydroxylation is 1. The Kier molecular flexibility index (Phi) is 3.67. The van der Waals surface area contributed by atoms with Gasteiger partial charge < -0.3 is 13.9 Å². The van der Waals surface area contributed by atoms with Crippen LogP contribution >= 0.6 is 0 Å². The largest absolute Gasteiger partial charge is 0.465 e. The fourth-order valence-corrected chi connectivity index (χ4v) is 2.39. The summed E-state index contributed by atoms with van der Waals surface area (Å²) in [6.45, 7) is 1.79. The van der Waals surface area contributed by atoms with Gasteiger partial charge in [-0.15, -0.1) is 0 Å². The number of carbonyl (C=O) groups is 2. The molecule has 2 aromatic rings. The number of furan rings is 1. The lowest BCUT2D eigenvalue weighted by molar-refractivity contribution is -0.154. The van der Waals surface area contributed by atoms with Crippen LogP contribution < -0.4 is 4.74 Å². The summed E-state index contributed by atoms with van der Waals surface area (Å²) in [7, 11) is 1.23. The predicted molar refractivity (Wildman–Crippen MR) is 81.1 cm³/mol. The van der Waals surface area contributed by atoms with Crippen molar-refractivity contribution in [1.82, 2.24) is 0 Å². The molecular formula is C18H14O5. The molecule has 1 atom stereocenters. The smallest absolute Gasteiger partial charge is 0.363 e. The van der Waals surface area contributed by atoms with E-state index in [4.69, 9.17) is 13.9 Å². The van der Waals surface area contributed by atoms with E-state index in [0.717, 1.165) is 0 Å². The third-order valence-corrected chi connectivity index (χ3v) is 3.52. The standard InChI is InChI=1S/C18H14O5/c1-12-7-8-13(22-12)9-10-18(17(20)21-2)11-15(19)14-5-3-4-6-16(14)23-18/h3-8H,11H2,1-2H3/t18-/m0/s1. The van der Waals surface area contributed by atoms with Crippen LogP contribution in [0, 0.1) is 18.8 Å². The molecule has 1 aromatic heterocycles. The summed E-state index contributed by atoms with van der Waals surface area (Å²) in [5.74, 6) is 5.95. The van der Waals surface area contributed by atoms with Gasteiger partial charge in [-0.25, -0.2) is 4.79 Å². The van der Waals surface area contributed by atoms with Gasteiger partial charge in [-0.05, 0) is 43.0 Å². The minimum absolute atomic E-state index is 0.205. The number of methoxy groups -OCH3 is 1. The zero-order valence-corrected chi connectivity index (χ0v) is 12.7. The van der Waals surface area contributed by atoms with Crippen LogP contribution in [0.5, 0.6) is 5.75 Å². The molecule has 2 heterocycles. The highest BCUT2D eigenvalue weighted by molar-refractivity contribution is 6.05. The first kappa shape index (κ1) is 14.9. The maximum absolute atomic E-state index is 12.4. The van der Waals surface area contributed by atoms with E-state index in [1.165, 1.54) is 7.11 Å². The Hall–Kier alpha value is -3.00. The lowest BCUT2D eigenvalue weighted by atomic mass is 9.90. The highest BCUT2D eigenvalue weighted by atomic mass is 16.6. The van der Waals surface area contributed by atoms with Gasteiger partial charge in [0, 0.05) is 0 Å². The third kappa shape index (κ3) is 2.71. The number of hydrogen-bond acceptors (Lipinski definition) is 5. The van der Waals surface area contributed by atoms with E-state index in [1.54, 1.807) is 43.3 Å². The van der Waals surface area contributed by atoms with E-state index in [1.807, 2.05) is 0 Å². The summed E-state index contributed by atoms with van der Waals surface area (Å²) in [5, 5.41) is 0. The summed E-state index contributed by atoms with van der Waals surface area (Å²) in [6.07, 6.45) is -0.205. The van der Waals surface area contributed by atoms with Crippen LogP contribution in [0.3, 0.4) is 0 Å². The maximum Gasteiger partial charge on any atom is 0.363 e. The Labute approximate surface area is 133 Å². The van der Waals surface area contributed by atoms with Gasteiger partial charge in [0.25, 0.3) is 5.60 Å². The van der Waals surface area contributed by atoms with Gasteiger partial charge in [-0.1, -0.05) is 12.1 Å². The number of Topliss-reactive ketones (excluding diaryl/α,β-unsaturated/α-hetero) is 1. The van der Waals surface area contributed by atoms with Crippen molar-refractivity contribution in [3.05, 3.63) is 53.5 Å². The lowest BCUT2D eigenvalue weighted by Crippen LogP contribution is -2.48. The highest BCUT2D eigenvalue weighted by Crippen LogP contribution is 2.33. The molecule has 0 bridgehead atoms. The van der Waals surface area contributed by atoms with Crippen molar-refractivity contribution in [3.63, 3.8) is 0 Å². The number of para-hydroxylation sites is 1. The molecule has 0 N–H and O–H groups in total. The Bertz CT molecular complexity index is 836. The molecule has 3 rings (SSSR count). The second-order valence-corrected chi connectivity index (χ2v) is 5.18. The van der Waals surface area contributed by atoms with Crippen molar-refractivity contribution in [3.8, 4) is 17.6 Å². The quantitative estimate of drug-likeness (QED) is 0.598. The van der Waals surface area contributed by atoms with E-state index in [9.17, 15) is 9.59 Å². The van der Waals surface area contributed by atoms with Gasteiger partial charge in [-0.2, -0.15) is 0 Å². The van der Waals surface area contributed by atoms with Gasteiger partial charge in [0.15, 0.2) is 11.5 Å². The van der Waals surface area contributed by atoms with E-state index in [2.05, 4.69) is 11.8 Å². The summed E-state index contributed by atoms with van der Waals surface area (Å²) >= 11 is 0. The molecule has 0 aliphatic carbocycles. The second kappa shape index (κ2) is 5.65. The molecular weight excluding hydrogens is 296 g/mol. The Morgan fingerprint density at radius 2 is 2.04 bits per heavy atom. The third-order valence-electron chi connectivity index (χ3n) is 3.52. The summed E-state index contributed by atoms with van der Waals surface area (Å²) < 4.78 is 15.9. The van der Waals surface area contributed by atoms with E-state index in [0.29, 0.717) is 22.8 Å². The first-order valence-corrected chi connectivity index (χ1v) is 7.03. The molecule has 116 valence electrons. The summed E-state index contributed by atoms with van der Waals surface area (Å²) in [6, 6.07) is 10.2. The van der Waals surface area contributed by atoms with Crippen molar-refractivity contribution in [1.29, 1.82) is 0 Å². The number of carbonyl (C=O) groups excluding carboxylic acids is 2. The zero-order chi connectivity index (χ0) is 16.4. The average molecular weight is 310 g/mol. The number of benzene rings is 1. The zero-order valence-electron chi connectivity index (χ0n) is 12.7. The number of esters is 1. The maximum atomic E-state index is 12.4. The highest BCUT2D eigenvalue weighted by Gasteiger charge is 2.47. The van der Waals surface area contributed by atoms with Crippen LogP contribution in [0.1, 0.15) is 28.3 Å². The monoisotopic (exact) mass is 310 g/mol. The van der Waals surface area contributed by atoms with Crippen molar-refractivity contribution >= 4 is 11.8 Å². The van der Waals surface area contributed by atoms with E-state index < -0.39 is 11.6 Å². The van der Waals surface area contributed by atoms with Crippen LogP contribution in [-0.2, 0) is 9.53 Å². The molecule has 5 heteroatoms. The molecule has 0 saturated carbocycles. The van der Waals surface area contributed by atoms with Crippen molar-refractivity contribution in [2.45, 2.75) is 18.9 Å². The number of ketones is 1.